The number of aromatic nitrogens is 1. The van der Waals surface area contributed by atoms with Crippen molar-refractivity contribution in [3.05, 3.63) is 34.0 Å². The summed E-state index contributed by atoms with van der Waals surface area (Å²) in [5.74, 6) is 0.0206. The molecular formula is C13H15N3OS2. The number of nitrogens with zero attached hydrogens (tertiary/aromatic N) is 2. The number of thiophene rings is 1. The van der Waals surface area contributed by atoms with Gasteiger partial charge in [0.1, 0.15) is 0 Å². The smallest absolute Gasteiger partial charge is 0.252 e. The second-order valence-corrected chi connectivity index (χ2v) is 6.18. The van der Waals surface area contributed by atoms with Crippen LogP contribution in [0, 0.1) is 0 Å². The summed E-state index contributed by atoms with van der Waals surface area (Å²) in [6.45, 7) is 1.72. The average molecular weight is 293 g/mol. The molecule has 0 saturated carbocycles. The maximum Gasteiger partial charge on any atom is 0.252 e. The highest BCUT2D eigenvalue weighted by Gasteiger charge is 2.26. The largest absolute Gasteiger partial charge is 0.350 e. The summed E-state index contributed by atoms with van der Waals surface area (Å²) in [4.78, 5) is 18.6. The van der Waals surface area contributed by atoms with Crippen molar-refractivity contribution in [2.75, 3.05) is 18.0 Å². The summed E-state index contributed by atoms with van der Waals surface area (Å²) >= 11 is 3.20. The van der Waals surface area contributed by atoms with Crippen LogP contribution in [0.2, 0.25) is 0 Å². The molecule has 0 spiro atoms. The van der Waals surface area contributed by atoms with Crippen LogP contribution >= 0.6 is 22.7 Å². The molecule has 3 rings (SSSR count). The van der Waals surface area contributed by atoms with E-state index in [-0.39, 0.29) is 5.91 Å². The van der Waals surface area contributed by atoms with Crippen LogP contribution in [0.15, 0.2) is 28.4 Å². The molecule has 0 aromatic carbocycles. The predicted molar refractivity (Wildman–Crippen MR) is 79.1 cm³/mol. The van der Waals surface area contributed by atoms with Crippen molar-refractivity contribution in [1.29, 1.82) is 0 Å². The van der Waals surface area contributed by atoms with Crippen LogP contribution in [0.25, 0.3) is 0 Å². The van der Waals surface area contributed by atoms with E-state index in [9.17, 15) is 4.79 Å². The summed E-state index contributed by atoms with van der Waals surface area (Å²) in [5, 5.41) is 9.88. The number of anilines is 1. The number of amides is 1. The lowest BCUT2D eigenvalue weighted by Crippen LogP contribution is -2.40. The van der Waals surface area contributed by atoms with Crippen molar-refractivity contribution < 1.29 is 4.79 Å². The van der Waals surface area contributed by atoms with E-state index in [2.05, 4.69) is 15.2 Å². The lowest BCUT2D eigenvalue weighted by molar-refractivity contribution is 0.0952. The van der Waals surface area contributed by atoms with Crippen molar-refractivity contribution in [3.8, 4) is 0 Å². The van der Waals surface area contributed by atoms with Gasteiger partial charge in [-0.05, 0) is 24.3 Å². The van der Waals surface area contributed by atoms with Crippen LogP contribution in [0.3, 0.4) is 0 Å². The molecule has 1 aliphatic rings. The van der Waals surface area contributed by atoms with E-state index in [0.717, 1.165) is 23.7 Å². The third kappa shape index (κ3) is 2.79. The Kier molecular flexibility index (Phi) is 3.79. The first-order valence-electron chi connectivity index (χ1n) is 6.31. The fourth-order valence-electron chi connectivity index (χ4n) is 2.36. The Balaban J connectivity index is 1.59. The number of thiazole rings is 1. The average Bonchev–Trinajstić information content (AvgIpc) is 3.14. The van der Waals surface area contributed by atoms with Gasteiger partial charge in [0.15, 0.2) is 5.13 Å². The normalized spacial score (nSPS) is 18.7. The molecule has 0 aliphatic carbocycles. The van der Waals surface area contributed by atoms with Gasteiger partial charge in [-0.1, -0.05) is 0 Å². The first-order chi connectivity index (χ1) is 9.34. The molecule has 1 N–H and O–H groups in total. The first kappa shape index (κ1) is 12.6. The van der Waals surface area contributed by atoms with Gasteiger partial charge < -0.3 is 10.2 Å². The van der Waals surface area contributed by atoms with Crippen LogP contribution in [-0.2, 0) is 0 Å². The van der Waals surface area contributed by atoms with Gasteiger partial charge >= 0.3 is 0 Å². The molecule has 4 nitrogen and oxygen atoms in total. The lowest BCUT2D eigenvalue weighted by Gasteiger charge is -2.24. The Morgan fingerprint density at radius 2 is 2.47 bits per heavy atom. The molecule has 1 saturated heterocycles. The number of carbonyl (C=O) groups excluding carboxylic acids is 1. The Morgan fingerprint density at radius 3 is 3.21 bits per heavy atom. The van der Waals surface area contributed by atoms with Gasteiger partial charge in [-0.25, -0.2) is 4.98 Å². The highest BCUT2D eigenvalue weighted by atomic mass is 32.1. The minimum absolute atomic E-state index is 0.0206. The maximum absolute atomic E-state index is 11.9. The molecule has 6 heteroatoms. The fourth-order valence-corrected chi connectivity index (χ4v) is 3.74. The Hall–Kier alpha value is -1.40. The number of carbonyl (C=O) groups is 1. The third-order valence-electron chi connectivity index (χ3n) is 3.32. The quantitative estimate of drug-likeness (QED) is 0.942. The molecule has 0 bridgehead atoms. The third-order valence-corrected chi connectivity index (χ3v) is 4.82. The molecule has 1 amide bonds. The fraction of sp³-hybridized carbons (Fsp3) is 0.385. The molecular weight excluding hydrogens is 278 g/mol. The molecule has 0 unspecified atom stereocenters. The monoisotopic (exact) mass is 293 g/mol. The molecule has 100 valence electrons. The summed E-state index contributed by atoms with van der Waals surface area (Å²) in [6, 6.07) is 2.22. The van der Waals surface area contributed by atoms with E-state index in [1.807, 2.05) is 28.4 Å². The van der Waals surface area contributed by atoms with Gasteiger partial charge in [-0.3, -0.25) is 4.79 Å². The van der Waals surface area contributed by atoms with Gasteiger partial charge in [0.25, 0.3) is 5.91 Å². The Labute approximate surface area is 120 Å². The highest BCUT2D eigenvalue weighted by molar-refractivity contribution is 7.13. The minimum Gasteiger partial charge on any atom is -0.350 e. The van der Waals surface area contributed by atoms with Crippen molar-refractivity contribution in [2.24, 2.45) is 0 Å². The number of hydrogen-bond donors (Lipinski definition) is 1. The Morgan fingerprint density at radius 1 is 1.53 bits per heavy atom. The van der Waals surface area contributed by atoms with E-state index >= 15 is 0 Å². The zero-order chi connectivity index (χ0) is 13.1. The molecule has 1 fully saturated rings. The molecule has 0 radical (unpaired) electrons. The van der Waals surface area contributed by atoms with Crippen molar-refractivity contribution >= 4 is 33.7 Å². The number of hydrogen-bond acceptors (Lipinski definition) is 5. The van der Waals surface area contributed by atoms with E-state index < -0.39 is 0 Å². The zero-order valence-corrected chi connectivity index (χ0v) is 12.0. The minimum atomic E-state index is 0.0206. The number of nitrogens with one attached hydrogen (secondary N) is 1. The van der Waals surface area contributed by atoms with E-state index in [0.29, 0.717) is 12.6 Å². The van der Waals surface area contributed by atoms with Crippen molar-refractivity contribution in [1.82, 2.24) is 10.3 Å². The standard InChI is InChI=1S/C13H15N3OS2/c17-12(10-3-6-18-9-10)15-8-11-2-1-5-16(11)13-14-4-7-19-13/h3-4,6-7,9,11H,1-2,5,8H2,(H,15,17)/t11-/m1/s1. The highest BCUT2D eigenvalue weighted by Crippen LogP contribution is 2.26. The maximum atomic E-state index is 11.9. The van der Waals surface area contributed by atoms with Crippen molar-refractivity contribution in [2.45, 2.75) is 18.9 Å². The second-order valence-electron chi connectivity index (χ2n) is 4.53. The molecule has 3 heterocycles. The van der Waals surface area contributed by atoms with E-state index in [1.165, 1.54) is 6.42 Å². The van der Waals surface area contributed by atoms with Crippen LogP contribution in [0.5, 0.6) is 0 Å². The summed E-state index contributed by atoms with van der Waals surface area (Å²) in [5.41, 5.74) is 0.754. The Bertz CT molecular complexity index is 524. The SMILES string of the molecule is O=C(NC[C@H]1CCCN1c1nccs1)c1ccsc1. The van der Waals surface area contributed by atoms with Crippen molar-refractivity contribution in [3.63, 3.8) is 0 Å². The number of rotatable bonds is 4. The van der Waals surface area contributed by atoms with Crippen LogP contribution < -0.4 is 10.2 Å². The topological polar surface area (TPSA) is 45.2 Å². The molecule has 2 aromatic rings. The predicted octanol–water partition coefficient (Wildman–Crippen LogP) is 2.60. The van der Waals surface area contributed by atoms with Gasteiger partial charge in [-0.15, -0.1) is 11.3 Å². The van der Waals surface area contributed by atoms with Gasteiger partial charge in [0.2, 0.25) is 0 Å². The summed E-state index contributed by atoms with van der Waals surface area (Å²) < 4.78 is 0. The molecule has 2 aromatic heterocycles. The molecule has 1 aliphatic heterocycles. The zero-order valence-electron chi connectivity index (χ0n) is 10.4. The van der Waals surface area contributed by atoms with E-state index in [4.69, 9.17) is 0 Å². The van der Waals surface area contributed by atoms with Crippen LogP contribution in [-0.4, -0.2) is 30.0 Å². The first-order valence-corrected chi connectivity index (χ1v) is 8.13. The summed E-state index contributed by atoms with van der Waals surface area (Å²) in [7, 11) is 0. The van der Waals surface area contributed by atoms with Gasteiger partial charge in [0.05, 0.1) is 0 Å². The van der Waals surface area contributed by atoms with E-state index in [1.54, 1.807) is 22.7 Å². The molecule has 1 atom stereocenters. The van der Waals surface area contributed by atoms with Gasteiger partial charge in [0, 0.05) is 41.7 Å². The lowest BCUT2D eigenvalue weighted by atomic mass is 10.2. The molecule has 19 heavy (non-hydrogen) atoms. The van der Waals surface area contributed by atoms with Crippen LogP contribution in [0.4, 0.5) is 5.13 Å². The second kappa shape index (κ2) is 5.71. The summed E-state index contributed by atoms with van der Waals surface area (Å²) in [6.07, 6.45) is 4.11. The van der Waals surface area contributed by atoms with Gasteiger partial charge in [-0.2, -0.15) is 11.3 Å². The van der Waals surface area contributed by atoms with Crippen LogP contribution in [0.1, 0.15) is 23.2 Å².